The summed E-state index contributed by atoms with van der Waals surface area (Å²) < 4.78 is 2.40. The first kappa shape index (κ1) is 42.3. The Hall–Kier alpha value is -8.55. The van der Waals surface area contributed by atoms with Crippen molar-refractivity contribution in [3.8, 4) is 50.2 Å². The van der Waals surface area contributed by atoms with Crippen molar-refractivity contribution in [2.45, 2.75) is 13.1 Å². The average Bonchev–Trinajstić information content (AvgIpc) is 4.02. The van der Waals surface area contributed by atoms with Crippen molar-refractivity contribution in [2.24, 2.45) is 0 Å². The lowest BCUT2D eigenvalue weighted by molar-refractivity contribution is 1.18. The van der Waals surface area contributed by atoms with Crippen LogP contribution in [-0.2, 0) is 0 Å². The van der Waals surface area contributed by atoms with Crippen molar-refractivity contribution >= 4 is 86.1 Å². The fourth-order valence-corrected chi connectivity index (χ4v) is 20.8. The van der Waals surface area contributed by atoms with Crippen LogP contribution in [0.15, 0.2) is 267 Å². The molecule has 3 heterocycles. The van der Waals surface area contributed by atoms with Gasteiger partial charge >= 0.3 is 0 Å². The molecule has 0 aliphatic carbocycles. The van der Waals surface area contributed by atoms with E-state index in [1.807, 2.05) is 0 Å². The molecule has 2 nitrogen and oxygen atoms in total. The molecule has 0 saturated carbocycles. The lowest BCUT2D eigenvalue weighted by Gasteiger charge is -2.33. The number of aromatic nitrogens is 1. The first-order valence-corrected chi connectivity index (χ1v) is 30.2. The van der Waals surface area contributed by atoms with Crippen LogP contribution in [0.5, 0.6) is 0 Å². The second kappa shape index (κ2) is 16.5. The molecule has 0 amide bonds. The van der Waals surface area contributed by atoms with Crippen molar-refractivity contribution < 1.29 is 0 Å². The molecular weight excluding hydrogens is 901 g/mol. The molecule has 0 unspecified atom stereocenters. The number of para-hydroxylation sites is 2. The second-order valence-electron chi connectivity index (χ2n) is 20.0. The minimum absolute atomic E-state index is 1.14. The standard InChI is InChI=1S/C68H50N2Si2/c1-71(2)66-44-50(49-34-42-64-62(43-49)57-27-15-17-29-63(57)70(64)51-21-9-4-10-22-51)33-39-59(66)60-40-37-53(45-67(60)71)69(52-35-31-48(32-36-52)47-19-7-3-8-20-47)54-38-41-61-58-28-16-18-30-65(58)72(68(61)46-54,55-23-11-5-12-24-55)56-25-13-6-14-26-56/h3-46H,1-2H3. The lowest BCUT2D eigenvalue weighted by Crippen LogP contribution is -2.72. The Morgan fingerprint density at radius 1 is 0.306 bits per heavy atom. The predicted molar refractivity (Wildman–Crippen MR) is 311 cm³/mol. The predicted octanol–water partition coefficient (Wildman–Crippen LogP) is 13.7. The topological polar surface area (TPSA) is 8.17 Å². The number of nitrogens with zero attached hydrogens (tertiary/aromatic N) is 2. The van der Waals surface area contributed by atoms with Gasteiger partial charge in [-0.3, -0.25) is 0 Å². The number of rotatable bonds is 8. The highest BCUT2D eigenvalue weighted by Crippen LogP contribution is 2.42. The third-order valence-corrected chi connectivity index (χ3v) is 24.3. The third-order valence-electron chi connectivity index (χ3n) is 15.9. The SMILES string of the molecule is C[Si]1(C)c2cc(-c3ccc4c(c3)c3ccccc3n4-c3ccccc3)ccc2-c2ccc(N(c3ccc(-c4ccccc4)cc3)c3ccc4c(c3)[Si](c3ccccc3)(c3ccccc3)c3ccccc3-4)cc21. The number of benzene rings is 11. The number of hydrogen-bond donors (Lipinski definition) is 0. The van der Waals surface area contributed by atoms with E-state index in [1.165, 1.54) is 114 Å². The highest BCUT2D eigenvalue weighted by molar-refractivity contribution is 7.22. The molecular formula is C68H50N2Si2. The Morgan fingerprint density at radius 3 is 1.46 bits per heavy atom. The molecule has 12 aromatic rings. The fraction of sp³-hybridized carbons (Fsp3) is 0.0294. The Labute approximate surface area is 423 Å². The van der Waals surface area contributed by atoms with Crippen molar-refractivity contribution in [2.75, 3.05) is 4.90 Å². The summed E-state index contributed by atoms with van der Waals surface area (Å²) in [4.78, 5) is 2.52. The largest absolute Gasteiger partial charge is 0.311 e. The van der Waals surface area contributed by atoms with Crippen LogP contribution in [0.2, 0.25) is 13.1 Å². The highest BCUT2D eigenvalue weighted by Gasteiger charge is 2.49. The molecule has 0 fully saturated rings. The van der Waals surface area contributed by atoms with E-state index in [0.717, 1.165) is 5.69 Å². The van der Waals surface area contributed by atoms with Crippen molar-refractivity contribution in [3.63, 3.8) is 0 Å². The van der Waals surface area contributed by atoms with Gasteiger partial charge < -0.3 is 9.47 Å². The van der Waals surface area contributed by atoms with Crippen molar-refractivity contribution in [1.29, 1.82) is 0 Å². The molecule has 0 radical (unpaired) electrons. The van der Waals surface area contributed by atoms with Gasteiger partial charge in [-0.05, 0) is 142 Å². The molecule has 0 saturated heterocycles. The van der Waals surface area contributed by atoms with Crippen LogP contribution in [0.1, 0.15) is 0 Å². The second-order valence-corrected chi connectivity index (χ2v) is 28.1. The van der Waals surface area contributed by atoms with Gasteiger partial charge in [0.1, 0.15) is 8.07 Å². The number of fused-ring (bicyclic) bond motifs is 9. The Bertz CT molecular complexity index is 4010. The summed E-state index contributed by atoms with van der Waals surface area (Å²) in [5, 5.41) is 11.2. The summed E-state index contributed by atoms with van der Waals surface area (Å²) in [7, 11) is -4.95. The summed E-state index contributed by atoms with van der Waals surface area (Å²) in [5.41, 5.74) is 17.5. The van der Waals surface area contributed by atoms with Gasteiger partial charge in [-0.25, -0.2) is 0 Å². The van der Waals surface area contributed by atoms with Crippen LogP contribution in [0.4, 0.5) is 17.1 Å². The highest BCUT2D eigenvalue weighted by atomic mass is 28.3. The van der Waals surface area contributed by atoms with Crippen molar-refractivity contribution in [1.82, 2.24) is 4.57 Å². The number of anilines is 3. The molecule has 0 N–H and O–H groups in total. The minimum Gasteiger partial charge on any atom is -0.311 e. The zero-order chi connectivity index (χ0) is 48.0. The molecule has 2 aliphatic rings. The van der Waals surface area contributed by atoms with Crippen LogP contribution < -0.4 is 36.0 Å². The quantitative estimate of drug-likeness (QED) is 0.138. The van der Waals surface area contributed by atoms with E-state index in [4.69, 9.17) is 0 Å². The van der Waals surface area contributed by atoms with Crippen molar-refractivity contribution in [3.05, 3.63) is 267 Å². The zero-order valence-corrected chi connectivity index (χ0v) is 42.3. The minimum atomic E-state index is -2.74. The summed E-state index contributed by atoms with van der Waals surface area (Å²) in [6.45, 7) is 5.10. The Kier molecular flexibility index (Phi) is 9.72. The summed E-state index contributed by atoms with van der Waals surface area (Å²) in [5.74, 6) is 0. The van der Waals surface area contributed by atoms with Gasteiger partial charge in [0.15, 0.2) is 8.07 Å². The third kappa shape index (κ3) is 6.39. The molecule has 0 spiro atoms. The molecule has 4 heteroatoms. The van der Waals surface area contributed by atoms with Gasteiger partial charge in [-0.15, -0.1) is 0 Å². The normalized spacial score (nSPS) is 13.6. The van der Waals surface area contributed by atoms with Crippen LogP contribution in [0.3, 0.4) is 0 Å². The fourth-order valence-electron chi connectivity index (χ4n) is 12.5. The maximum atomic E-state index is 2.55. The van der Waals surface area contributed by atoms with Crippen LogP contribution in [-0.4, -0.2) is 20.7 Å². The molecule has 0 atom stereocenters. The van der Waals surface area contributed by atoms with Gasteiger partial charge in [-0.2, -0.15) is 0 Å². The molecule has 1 aromatic heterocycles. The van der Waals surface area contributed by atoms with Crippen LogP contribution in [0.25, 0.3) is 72.0 Å². The van der Waals surface area contributed by atoms with E-state index in [0.29, 0.717) is 0 Å². The summed E-state index contributed by atoms with van der Waals surface area (Å²) >= 11 is 0. The average molecular weight is 951 g/mol. The van der Waals surface area contributed by atoms with E-state index in [-0.39, 0.29) is 0 Å². The molecule has 340 valence electrons. The Morgan fingerprint density at radius 2 is 0.764 bits per heavy atom. The van der Waals surface area contributed by atoms with E-state index in [2.05, 4.69) is 289 Å². The van der Waals surface area contributed by atoms with E-state index < -0.39 is 16.1 Å². The molecule has 14 rings (SSSR count). The zero-order valence-electron chi connectivity index (χ0n) is 40.3. The van der Waals surface area contributed by atoms with Gasteiger partial charge in [0, 0.05) is 33.5 Å². The number of hydrogen-bond acceptors (Lipinski definition) is 1. The molecule has 11 aromatic carbocycles. The van der Waals surface area contributed by atoms with E-state index >= 15 is 0 Å². The summed E-state index contributed by atoms with van der Waals surface area (Å²) in [6.07, 6.45) is 0. The first-order chi connectivity index (χ1) is 35.5. The first-order valence-electron chi connectivity index (χ1n) is 25.2. The molecule has 0 bridgehead atoms. The van der Waals surface area contributed by atoms with Gasteiger partial charge in [0.05, 0.1) is 11.0 Å². The van der Waals surface area contributed by atoms with Gasteiger partial charge in [-0.1, -0.05) is 213 Å². The van der Waals surface area contributed by atoms with Crippen LogP contribution >= 0.6 is 0 Å². The smallest absolute Gasteiger partial charge is 0.180 e. The monoisotopic (exact) mass is 950 g/mol. The van der Waals surface area contributed by atoms with E-state index in [9.17, 15) is 0 Å². The van der Waals surface area contributed by atoms with Gasteiger partial charge in [0.25, 0.3) is 0 Å². The molecule has 72 heavy (non-hydrogen) atoms. The van der Waals surface area contributed by atoms with E-state index in [1.54, 1.807) is 0 Å². The molecule has 2 aliphatic heterocycles. The lowest BCUT2D eigenvalue weighted by atomic mass is 9.98. The van der Waals surface area contributed by atoms with Crippen LogP contribution in [0, 0.1) is 0 Å². The maximum Gasteiger partial charge on any atom is 0.180 e. The Balaban J connectivity index is 0.909. The van der Waals surface area contributed by atoms with Gasteiger partial charge in [0.2, 0.25) is 0 Å². The maximum absolute atomic E-state index is 2.74. The summed E-state index contributed by atoms with van der Waals surface area (Å²) in [6, 6.07) is 100.